The summed E-state index contributed by atoms with van der Waals surface area (Å²) in [5.74, 6) is -1.16. The molecule has 0 atom stereocenters. The molecule has 1 spiro atoms. The molecule has 1 saturated carbocycles. The maximum atomic E-state index is 13.1. The first-order valence-corrected chi connectivity index (χ1v) is 12.0. The third-order valence-electron chi connectivity index (χ3n) is 6.63. The van der Waals surface area contributed by atoms with E-state index >= 15 is 0 Å². The summed E-state index contributed by atoms with van der Waals surface area (Å²) in [7, 11) is -3.83. The van der Waals surface area contributed by atoms with Crippen molar-refractivity contribution in [2.75, 3.05) is 17.8 Å². The highest BCUT2D eigenvalue weighted by atomic mass is 32.2. The number of nitrogens with zero attached hydrogens (tertiary/aromatic N) is 1. The van der Waals surface area contributed by atoms with Crippen LogP contribution in [0.1, 0.15) is 55.3 Å². The van der Waals surface area contributed by atoms with Crippen molar-refractivity contribution in [1.29, 1.82) is 0 Å². The Labute approximate surface area is 178 Å². The fourth-order valence-electron chi connectivity index (χ4n) is 4.83. The molecule has 2 fully saturated rings. The Kier molecular flexibility index (Phi) is 5.84. The van der Waals surface area contributed by atoms with E-state index < -0.39 is 16.2 Å². The van der Waals surface area contributed by atoms with Gasteiger partial charge in [-0.3, -0.25) is 4.72 Å². The molecule has 0 bridgehead atoms. The molecule has 1 aliphatic carbocycles. The first-order valence-electron chi connectivity index (χ1n) is 10.6. The molecule has 2 aromatic carbocycles. The summed E-state index contributed by atoms with van der Waals surface area (Å²) < 4.78 is 30.2. The van der Waals surface area contributed by atoms with E-state index in [0.717, 1.165) is 24.0 Å². The number of anilines is 1. The highest BCUT2D eigenvalue weighted by Gasteiger charge is 2.38. The number of carbonyl (C=O) groups is 1. The van der Waals surface area contributed by atoms with Crippen LogP contribution in [0.3, 0.4) is 0 Å². The molecule has 2 aromatic rings. The quantitative estimate of drug-likeness (QED) is 0.719. The summed E-state index contributed by atoms with van der Waals surface area (Å²) in [4.78, 5) is 11.7. The minimum absolute atomic E-state index is 0.0565. The minimum Gasteiger partial charge on any atom is -0.478 e. The second-order valence-corrected chi connectivity index (χ2v) is 10.2. The number of rotatable bonds is 5. The number of carboxylic acids is 1. The normalized spacial score (nSPS) is 19.5. The van der Waals surface area contributed by atoms with E-state index in [1.165, 1.54) is 42.5 Å². The summed E-state index contributed by atoms with van der Waals surface area (Å²) in [6.45, 7) is 0.965. The lowest BCUT2D eigenvalue weighted by molar-refractivity contribution is 0.0698. The van der Waals surface area contributed by atoms with Crippen LogP contribution in [0.25, 0.3) is 11.1 Å². The van der Waals surface area contributed by atoms with Crippen molar-refractivity contribution in [2.45, 2.75) is 44.9 Å². The highest BCUT2D eigenvalue weighted by molar-refractivity contribution is 7.90. The zero-order valence-corrected chi connectivity index (χ0v) is 17.8. The Bertz CT molecular complexity index is 1000. The molecule has 1 aliphatic heterocycles. The molecule has 0 unspecified atom stereocenters. The predicted molar refractivity (Wildman–Crippen MR) is 118 cm³/mol. The zero-order valence-electron chi connectivity index (χ0n) is 17.0. The fraction of sp³-hybridized carbons (Fsp3) is 0.435. The highest BCUT2D eigenvalue weighted by Crippen LogP contribution is 2.45. The predicted octanol–water partition coefficient (Wildman–Crippen LogP) is 4.75. The van der Waals surface area contributed by atoms with Crippen LogP contribution in [0.5, 0.6) is 0 Å². The van der Waals surface area contributed by atoms with Gasteiger partial charge in [0.25, 0.3) is 0 Å². The van der Waals surface area contributed by atoms with Crippen molar-refractivity contribution < 1.29 is 18.3 Å². The van der Waals surface area contributed by atoms with Gasteiger partial charge in [0.15, 0.2) is 0 Å². The van der Waals surface area contributed by atoms with Crippen LogP contribution in [0, 0.1) is 5.41 Å². The molecule has 160 valence electrons. The molecule has 1 saturated heterocycles. The van der Waals surface area contributed by atoms with Crippen molar-refractivity contribution in [3.05, 3.63) is 54.1 Å². The second-order valence-electron chi connectivity index (χ2n) is 8.50. The lowest BCUT2D eigenvalue weighted by Gasteiger charge is -2.43. The van der Waals surface area contributed by atoms with Crippen LogP contribution < -0.4 is 4.72 Å². The smallest absolute Gasteiger partial charge is 0.337 e. The maximum absolute atomic E-state index is 13.1. The number of aromatic carboxylic acids is 1. The van der Waals surface area contributed by atoms with Crippen LogP contribution in [-0.4, -0.2) is 36.9 Å². The summed E-state index contributed by atoms with van der Waals surface area (Å²) in [5, 5.41) is 9.55. The maximum Gasteiger partial charge on any atom is 0.337 e. The standard InChI is InChI=1S/C23H28N2O4S/c26-22(27)20-10-9-19(18-7-3-1-4-8-18)17-21(20)24-30(28,29)25-15-13-23(14-16-25)11-5-2-6-12-23/h1,3-4,7-10,17,24H,2,5-6,11-16H2,(H,26,27). The molecule has 2 aliphatic rings. The lowest BCUT2D eigenvalue weighted by atomic mass is 9.68. The second kappa shape index (κ2) is 8.40. The van der Waals surface area contributed by atoms with E-state index in [1.807, 2.05) is 30.3 Å². The monoisotopic (exact) mass is 428 g/mol. The average molecular weight is 429 g/mol. The van der Waals surface area contributed by atoms with Crippen LogP contribution in [-0.2, 0) is 10.2 Å². The van der Waals surface area contributed by atoms with E-state index in [9.17, 15) is 18.3 Å². The first kappa shape index (κ1) is 20.9. The van der Waals surface area contributed by atoms with E-state index in [0.29, 0.717) is 18.5 Å². The number of benzene rings is 2. The molecule has 2 N–H and O–H groups in total. The molecule has 0 amide bonds. The molecule has 4 rings (SSSR count). The summed E-state index contributed by atoms with van der Waals surface area (Å²) in [6.07, 6.45) is 7.89. The van der Waals surface area contributed by atoms with Crippen LogP contribution in [0.2, 0.25) is 0 Å². The fourth-order valence-corrected chi connectivity index (χ4v) is 6.07. The SMILES string of the molecule is O=C(O)c1ccc(-c2ccccc2)cc1NS(=O)(=O)N1CCC2(CCCCC2)CC1. The van der Waals surface area contributed by atoms with Gasteiger partial charge in [0, 0.05) is 13.1 Å². The van der Waals surface area contributed by atoms with Crippen molar-refractivity contribution in [2.24, 2.45) is 5.41 Å². The van der Waals surface area contributed by atoms with Gasteiger partial charge >= 0.3 is 16.2 Å². The molecular formula is C23H28N2O4S. The Morgan fingerprint density at radius 3 is 2.20 bits per heavy atom. The Morgan fingerprint density at radius 1 is 0.900 bits per heavy atom. The number of hydrogen-bond donors (Lipinski definition) is 2. The number of piperidine rings is 1. The Hall–Kier alpha value is -2.38. The average Bonchev–Trinajstić information content (AvgIpc) is 2.75. The van der Waals surface area contributed by atoms with E-state index in [1.54, 1.807) is 12.1 Å². The molecule has 30 heavy (non-hydrogen) atoms. The van der Waals surface area contributed by atoms with Crippen LogP contribution >= 0.6 is 0 Å². The van der Waals surface area contributed by atoms with Gasteiger partial charge in [-0.25, -0.2) is 4.79 Å². The number of carboxylic acid groups (broad SMARTS) is 1. The van der Waals surface area contributed by atoms with Gasteiger partial charge in [-0.1, -0.05) is 55.7 Å². The minimum atomic E-state index is -3.83. The molecule has 6 nitrogen and oxygen atoms in total. The number of hydrogen-bond acceptors (Lipinski definition) is 3. The molecule has 1 heterocycles. The molecule has 0 aromatic heterocycles. The summed E-state index contributed by atoms with van der Waals surface area (Å²) in [5.41, 5.74) is 2.00. The molecule has 0 radical (unpaired) electrons. The van der Waals surface area contributed by atoms with Gasteiger partial charge in [0.1, 0.15) is 0 Å². The topological polar surface area (TPSA) is 86.7 Å². The Balaban J connectivity index is 1.55. The Morgan fingerprint density at radius 2 is 1.57 bits per heavy atom. The van der Waals surface area contributed by atoms with E-state index in [-0.39, 0.29) is 11.3 Å². The van der Waals surface area contributed by atoms with Gasteiger partial charge in [-0.15, -0.1) is 0 Å². The van der Waals surface area contributed by atoms with Crippen LogP contribution in [0.15, 0.2) is 48.5 Å². The number of nitrogens with one attached hydrogen (secondary N) is 1. The van der Waals surface area contributed by atoms with Gasteiger partial charge < -0.3 is 5.11 Å². The van der Waals surface area contributed by atoms with Gasteiger partial charge in [0.2, 0.25) is 0 Å². The van der Waals surface area contributed by atoms with Gasteiger partial charge in [-0.05, 0) is 54.4 Å². The van der Waals surface area contributed by atoms with Gasteiger partial charge in [-0.2, -0.15) is 12.7 Å². The van der Waals surface area contributed by atoms with Crippen molar-refractivity contribution >= 4 is 21.9 Å². The third-order valence-corrected chi connectivity index (χ3v) is 8.16. The van der Waals surface area contributed by atoms with Crippen molar-refractivity contribution in [3.63, 3.8) is 0 Å². The van der Waals surface area contributed by atoms with E-state index in [4.69, 9.17) is 0 Å². The van der Waals surface area contributed by atoms with Crippen molar-refractivity contribution in [3.8, 4) is 11.1 Å². The summed E-state index contributed by atoms with van der Waals surface area (Å²) >= 11 is 0. The largest absolute Gasteiger partial charge is 0.478 e. The summed E-state index contributed by atoms with van der Waals surface area (Å²) in [6, 6.07) is 14.2. The molecular weight excluding hydrogens is 400 g/mol. The first-order chi connectivity index (χ1) is 14.4. The van der Waals surface area contributed by atoms with Crippen LogP contribution in [0.4, 0.5) is 5.69 Å². The third kappa shape index (κ3) is 4.37. The molecule has 7 heteroatoms. The van der Waals surface area contributed by atoms with Gasteiger partial charge in [0.05, 0.1) is 11.3 Å². The van der Waals surface area contributed by atoms with Crippen molar-refractivity contribution in [1.82, 2.24) is 4.31 Å². The zero-order chi connectivity index (χ0) is 21.2. The van der Waals surface area contributed by atoms with E-state index in [2.05, 4.69) is 4.72 Å². The lowest BCUT2D eigenvalue weighted by Crippen LogP contribution is -2.46.